The maximum Gasteiger partial charge on any atom is 0.407 e. The fourth-order valence-corrected chi connectivity index (χ4v) is 4.49. The molecule has 29 heavy (non-hydrogen) atoms. The molecule has 2 aliphatic heterocycles. The zero-order chi connectivity index (χ0) is 20.3. The summed E-state index contributed by atoms with van der Waals surface area (Å²) in [7, 11) is 0. The fourth-order valence-electron chi connectivity index (χ4n) is 4.26. The van der Waals surface area contributed by atoms with Gasteiger partial charge in [0, 0.05) is 36.2 Å². The molecule has 1 aliphatic carbocycles. The molecule has 1 spiro atoms. The van der Waals surface area contributed by atoms with Gasteiger partial charge in [0.25, 0.3) is 0 Å². The zero-order valence-corrected chi connectivity index (χ0v) is 18.0. The monoisotopic (exact) mass is 469 g/mol. The second-order valence-corrected chi connectivity index (χ2v) is 9.06. The SMILES string of the molecule is O=C(O)N1CC(CCOC2CC(Oc3ccc(Br)cn3)C2)OC2(CCNCC2)C1. The maximum absolute atomic E-state index is 11.6. The van der Waals surface area contributed by atoms with Crippen LogP contribution in [0.4, 0.5) is 4.79 Å². The van der Waals surface area contributed by atoms with Crippen molar-refractivity contribution < 1.29 is 24.1 Å². The number of piperidine rings is 1. The highest BCUT2D eigenvalue weighted by Gasteiger charge is 2.43. The van der Waals surface area contributed by atoms with E-state index in [-0.39, 0.29) is 23.9 Å². The molecular formula is C20H28BrN3O5. The molecule has 2 N–H and O–H groups in total. The van der Waals surface area contributed by atoms with Gasteiger partial charge in [-0.3, -0.25) is 0 Å². The van der Waals surface area contributed by atoms with Gasteiger partial charge in [0.15, 0.2) is 0 Å². The van der Waals surface area contributed by atoms with Crippen LogP contribution in [0.5, 0.6) is 5.88 Å². The van der Waals surface area contributed by atoms with E-state index in [2.05, 4.69) is 26.2 Å². The summed E-state index contributed by atoms with van der Waals surface area (Å²) in [6, 6.07) is 3.76. The van der Waals surface area contributed by atoms with E-state index < -0.39 is 6.09 Å². The molecule has 3 aliphatic rings. The van der Waals surface area contributed by atoms with Crippen LogP contribution in [0.3, 0.4) is 0 Å². The van der Waals surface area contributed by atoms with Crippen molar-refractivity contribution in [3.8, 4) is 5.88 Å². The van der Waals surface area contributed by atoms with Gasteiger partial charge in [0.1, 0.15) is 6.10 Å². The number of hydrogen-bond donors (Lipinski definition) is 2. The van der Waals surface area contributed by atoms with Crippen molar-refractivity contribution in [3.05, 3.63) is 22.8 Å². The van der Waals surface area contributed by atoms with Gasteiger partial charge in [-0.2, -0.15) is 0 Å². The van der Waals surface area contributed by atoms with Gasteiger partial charge in [-0.15, -0.1) is 0 Å². The van der Waals surface area contributed by atoms with Crippen molar-refractivity contribution in [1.29, 1.82) is 0 Å². The molecule has 1 amide bonds. The number of carbonyl (C=O) groups is 1. The van der Waals surface area contributed by atoms with E-state index >= 15 is 0 Å². The van der Waals surface area contributed by atoms with Crippen molar-refractivity contribution in [2.75, 3.05) is 32.8 Å². The molecule has 0 aromatic carbocycles. The summed E-state index contributed by atoms with van der Waals surface area (Å²) >= 11 is 3.36. The Morgan fingerprint density at radius 1 is 1.34 bits per heavy atom. The number of nitrogens with zero attached hydrogens (tertiary/aromatic N) is 2. The van der Waals surface area contributed by atoms with E-state index in [0.717, 1.165) is 43.2 Å². The highest BCUT2D eigenvalue weighted by atomic mass is 79.9. The Kier molecular flexibility index (Phi) is 6.58. The van der Waals surface area contributed by atoms with E-state index in [9.17, 15) is 9.90 Å². The second-order valence-electron chi connectivity index (χ2n) is 8.14. The summed E-state index contributed by atoms with van der Waals surface area (Å²) in [6.45, 7) is 3.19. The lowest BCUT2D eigenvalue weighted by molar-refractivity contribution is -0.168. The van der Waals surface area contributed by atoms with Gasteiger partial charge in [-0.25, -0.2) is 9.78 Å². The highest BCUT2D eigenvalue weighted by Crippen LogP contribution is 2.32. The molecule has 1 aromatic rings. The third kappa shape index (κ3) is 5.39. The number of halogens is 1. The largest absolute Gasteiger partial charge is 0.474 e. The van der Waals surface area contributed by atoms with Gasteiger partial charge in [-0.1, -0.05) is 0 Å². The van der Waals surface area contributed by atoms with E-state index in [1.165, 1.54) is 4.90 Å². The summed E-state index contributed by atoms with van der Waals surface area (Å²) < 4.78 is 19.1. The third-order valence-electron chi connectivity index (χ3n) is 5.94. The molecule has 2 saturated heterocycles. The van der Waals surface area contributed by atoms with Crippen LogP contribution in [0.15, 0.2) is 22.8 Å². The van der Waals surface area contributed by atoms with Gasteiger partial charge >= 0.3 is 6.09 Å². The van der Waals surface area contributed by atoms with E-state index in [1.807, 2.05) is 12.1 Å². The number of morpholine rings is 1. The topological polar surface area (TPSA) is 93.2 Å². The quantitative estimate of drug-likeness (QED) is 0.661. The predicted octanol–water partition coefficient (Wildman–Crippen LogP) is 2.66. The maximum atomic E-state index is 11.6. The molecule has 0 radical (unpaired) electrons. The van der Waals surface area contributed by atoms with Crippen molar-refractivity contribution in [2.45, 2.75) is 56.0 Å². The Balaban J connectivity index is 1.19. The third-order valence-corrected chi connectivity index (χ3v) is 6.41. The minimum atomic E-state index is -0.863. The van der Waals surface area contributed by atoms with E-state index in [4.69, 9.17) is 14.2 Å². The van der Waals surface area contributed by atoms with Crippen molar-refractivity contribution in [2.24, 2.45) is 0 Å². The smallest absolute Gasteiger partial charge is 0.407 e. The molecule has 1 aromatic heterocycles. The highest BCUT2D eigenvalue weighted by molar-refractivity contribution is 9.10. The van der Waals surface area contributed by atoms with Crippen molar-refractivity contribution >= 4 is 22.0 Å². The first-order chi connectivity index (χ1) is 14.0. The first-order valence-electron chi connectivity index (χ1n) is 10.3. The molecule has 9 heteroatoms. The summed E-state index contributed by atoms with van der Waals surface area (Å²) in [5.41, 5.74) is -0.348. The standard InChI is InChI=1S/C20H28BrN3O5/c21-14-1-2-18(23-11-14)28-17-9-16(10-17)27-8-3-15-12-24(19(25)26)13-20(29-15)4-6-22-7-5-20/h1-2,11,15-17,22H,3-10,12-13H2,(H,25,26). The number of nitrogens with one attached hydrogen (secondary N) is 1. The summed E-state index contributed by atoms with van der Waals surface area (Å²) in [4.78, 5) is 17.3. The van der Waals surface area contributed by atoms with Crippen LogP contribution in [0, 0.1) is 0 Å². The predicted molar refractivity (Wildman–Crippen MR) is 109 cm³/mol. The zero-order valence-electron chi connectivity index (χ0n) is 16.4. The Hall–Kier alpha value is -1.42. The Bertz CT molecular complexity index is 692. The lowest BCUT2D eigenvalue weighted by Gasteiger charge is -2.47. The van der Waals surface area contributed by atoms with Crippen LogP contribution in [0.2, 0.25) is 0 Å². The first-order valence-corrected chi connectivity index (χ1v) is 11.1. The molecule has 4 rings (SSSR count). The Morgan fingerprint density at radius 2 is 2.14 bits per heavy atom. The van der Waals surface area contributed by atoms with E-state index in [0.29, 0.717) is 32.0 Å². The number of carboxylic acid groups (broad SMARTS) is 1. The fraction of sp³-hybridized carbons (Fsp3) is 0.700. The Labute approximate surface area is 179 Å². The number of amides is 1. The lowest BCUT2D eigenvalue weighted by atomic mass is 9.89. The van der Waals surface area contributed by atoms with Gasteiger partial charge < -0.3 is 29.5 Å². The molecule has 8 nitrogen and oxygen atoms in total. The van der Waals surface area contributed by atoms with Gasteiger partial charge in [0.05, 0.1) is 30.9 Å². The molecule has 1 saturated carbocycles. The minimum Gasteiger partial charge on any atom is -0.474 e. The average molecular weight is 470 g/mol. The van der Waals surface area contributed by atoms with Crippen LogP contribution >= 0.6 is 15.9 Å². The van der Waals surface area contributed by atoms with Crippen LogP contribution in [-0.2, 0) is 9.47 Å². The van der Waals surface area contributed by atoms with Crippen molar-refractivity contribution in [1.82, 2.24) is 15.2 Å². The molecule has 160 valence electrons. The number of ether oxygens (including phenoxy) is 3. The number of rotatable bonds is 6. The number of pyridine rings is 1. The first kappa shape index (κ1) is 20.8. The average Bonchev–Trinajstić information content (AvgIpc) is 2.67. The van der Waals surface area contributed by atoms with Crippen LogP contribution in [0.1, 0.15) is 32.1 Å². The molecule has 0 bridgehead atoms. The summed E-state index contributed by atoms with van der Waals surface area (Å²) in [6.07, 6.45) is 5.16. The summed E-state index contributed by atoms with van der Waals surface area (Å²) in [5.74, 6) is 0.633. The van der Waals surface area contributed by atoms with Crippen molar-refractivity contribution in [3.63, 3.8) is 0 Å². The Morgan fingerprint density at radius 3 is 2.83 bits per heavy atom. The number of hydrogen-bond acceptors (Lipinski definition) is 6. The van der Waals surface area contributed by atoms with Gasteiger partial charge in [0.2, 0.25) is 5.88 Å². The van der Waals surface area contributed by atoms with Gasteiger partial charge in [-0.05, 0) is 54.3 Å². The van der Waals surface area contributed by atoms with Crippen LogP contribution in [0.25, 0.3) is 0 Å². The minimum absolute atomic E-state index is 0.114. The molecule has 1 atom stereocenters. The molecule has 1 unspecified atom stereocenters. The molecular weight excluding hydrogens is 442 g/mol. The normalized spacial score (nSPS) is 28.7. The van der Waals surface area contributed by atoms with E-state index in [1.54, 1.807) is 6.20 Å². The lowest BCUT2D eigenvalue weighted by Crippen LogP contribution is -2.60. The summed E-state index contributed by atoms with van der Waals surface area (Å²) in [5, 5.41) is 12.8. The molecule has 3 fully saturated rings. The van der Waals surface area contributed by atoms with Crippen LogP contribution in [-0.4, -0.2) is 77.8 Å². The molecule has 3 heterocycles. The number of aromatic nitrogens is 1. The second kappa shape index (κ2) is 9.16. The van der Waals surface area contributed by atoms with Crippen LogP contribution < -0.4 is 10.1 Å².